The number of nitrogens with one attached hydrogen (secondary N) is 1. The van der Waals surface area contributed by atoms with Crippen molar-refractivity contribution in [3.05, 3.63) is 24.3 Å². The molecule has 1 saturated carbocycles. The summed E-state index contributed by atoms with van der Waals surface area (Å²) in [5.41, 5.74) is 0.694. The van der Waals surface area contributed by atoms with Crippen LogP contribution < -0.4 is 9.62 Å². The number of β-amino-alcohol motifs (C(OH)–C–C–N with tert-alkyl or cyclic N) is 1. The molecular formula is C14H20N2O3S. The Kier molecular flexibility index (Phi) is 3.70. The van der Waals surface area contributed by atoms with Gasteiger partial charge in [0.05, 0.1) is 11.8 Å². The monoisotopic (exact) mass is 296 g/mol. The van der Waals surface area contributed by atoms with E-state index in [2.05, 4.69) is 4.72 Å². The molecule has 110 valence electrons. The predicted molar refractivity (Wildman–Crippen MR) is 77.2 cm³/mol. The van der Waals surface area contributed by atoms with Gasteiger partial charge in [0.15, 0.2) is 0 Å². The van der Waals surface area contributed by atoms with Gasteiger partial charge in [-0.2, -0.15) is 0 Å². The van der Waals surface area contributed by atoms with Gasteiger partial charge in [-0.25, -0.2) is 13.1 Å². The molecule has 2 fully saturated rings. The van der Waals surface area contributed by atoms with Crippen LogP contribution in [-0.4, -0.2) is 38.8 Å². The van der Waals surface area contributed by atoms with Crippen LogP contribution in [-0.2, 0) is 10.0 Å². The molecular weight excluding hydrogens is 276 g/mol. The normalized spacial score (nSPS) is 23.9. The molecule has 1 aliphatic heterocycles. The number of hydrogen-bond donors (Lipinski definition) is 2. The van der Waals surface area contributed by atoms with E-state index in [0.29, 0.717) is 17.1 Å². The summed E-state index contributed by atoms with van der Waals surface area (Å²) in [6, 6.07) is 7.14. The van der Waals surface area contributed by atoms with Crippen LogP contribution in [0.2, 0.25) is 0 Å². The van der Waals surface area contributed by atoms with Gasteiger partial charge in [0.25, 0.3) is 0 Å². The van der Waals surface area contributed by atoms with Crippen molar-refractivity contribution in [1.82, 2.24) is 4.72 Å². The van der Waals surface area contributed by atoms with Crippen LogP contribution in [0.5, 0.6) is 0 Å². The van der Waals surface area contributed by atoms with Gasteiger partial charge in [-0.1, -0.05) is 12.1 Å². The molecule has 2 aliphatic rings. The highest BCUT2D eigenvalue weighted by atomic mass is 32.2. The summed E-state index contributed by atoms with van der Waals surface area (Å²) in [6.45, 7) is 1.28. The highest BCUT2D eigenvalue weighted by Gasteiger charge is 2.30. The van der Waals surface area contributed by atoms with Gasteiger partial charge in [-0.15, -0.1) is 0 Å². The van der Waals surface area contributed by atoms with E-state index in [9.17, 15) is 13.5 Å². The number of rotatable bonds is 4. The SMILES string of the molecule is O=S(=O)(NC1CC1)c1ccccc1N1CCC[C@H](O)C1. The number of benzene rings is 1. The number of aliphatic hydroxyl groups excluding tert-OH is 1. The number of sulfonamides is 1. The standard InChI is InChI=1S/C14H20N2O3S/c17-12-4-3-9-16(10-12)13-5-1-2-6-14(13)20(18,19)15-11-7-8-11/h1-2,5-6,11-12,15,17H,3-4,7-10H2/t12-/m0/s1. The minimum atomic E-state index is -3.47. The van der Waals surface area contributed by atoms with Crippen molar-refractivity contribution in [3.8, 4) is 0 Å². The largest absolute Gasteiger partial charge is 0.391 e. The van der Waals surface area contributed by atoms with E-state index < -0.39 is 10.0 Å². The maximum absolute atomic E-state index is 12.4. The first kappa shape index (κ1) is 13.9. The van der Waals surface area contributed by atoms with E-state index >= 15 is 0 Å². The molecule has 2 N–H and O–H groups in total. The fourth-order valence-corrected chi connectivity index (χ4v) is 4.13. The minimum absolute atomic E-state index is 0.0972. The second-order valence-corrected chi connectivity index (χ2v) is 7.29. The number of nitrogens with zero attached hydrogens (tertiary/aromatic N) is 1. The van der Waals surface area contributed by atoms with Crippen molar-refractivity contribution in [2.24, 2.45) is 0 Å². The highest BCUT2D eigenvalue weighted by Crippen LogP contribution is 2.29. The van der Waals surface area contributed by atoms with Crippen LogP contribution in [0, 0.1) is 0 Å². The quantitative estimate of drug-likeness (QED) is 0.872. The van der Waals surface area contributed by atoms with Gasteiger partial charge < -0.3 is 10.0 Å². The maximum Gasteiger partial charge on any atom is 0.242 e. The zero-order chi connectivity index (χ0) is 14.2. The lowest BCUT2D eigenvalue weighted by Crippen LogP contribution is -2.39. The Morgan fingerprint density at radius 3 is 2.65 bits per heavy atom. The van der Waals surface area contributed by atoms with Crippen LogP contribution >= 0.6 is 0 Å². The Balaban J connectivity index is 1.91. The zero-order valence-electron chi connectivity index (χ0n) is 11.3. The van der Waals surface area contributed by atoms with E-state index in [1.54, 1.807) is 12.1 Å². The average Bonchev–Trinajstić information content (AvgIpc) is 3.22. The molecule has 1 aromatic carbocycles. The Morgan fingerprint density at radius 1 is 1.20 bits per heavy atom. The number of aliphatic hydroxyl groups is 1. The number of para-hydroxylation sites is 1. The van der Waals surface area contributed by atoms with E-state index in [1.807, 2.05) is 17.0 Å². The average molecular weight is 296 g/mol. The van der Waals surface area contributed by atoms with Crippen molar-refractivity contribution in [1.29, 1.82) is 0 Å². The van der Waals surface area contributed by atoms with E-state index in [0.717, 1.165) is 32.2 Å². The molecule has 0 unspecified atom stereocenters. The van der Waals surface area contributed by atoms with Crippen LogP contribution in [0.1, 0.15) is 25.7 Å². The fraction of sp³-hybridized carbons (Fsp3) is 0.571. The molecule has 6 heteroatoms. The lowest BCUT2D eigenvalue weighted by molar-refractivity contribution is 0.154. The lowest BCUT2D eigenvalue weighted by Gasteiger charge is -2.33. The first-order valence-electron chi connectivity index (χ1n) is 7.10. The number of hydrogen-bond acceptors (Lipinski definition) is 4. The number of anilines is 1. The van der Waals surface area contributed by atoms with Gasteiger partial charge in [-0.05, 0) is 37.8 Å². The predicted octanol–water partition coefficient (Wildman–Crippen LogP) is 1.09. The van der Waals surface area contributed by atoms with Crippen molar-refractivity contribution in [2.75, 3.05) is 18.0 Å². The molecule has 0 aromatic heterocycles. The summed E-state index contributed by atoms with van der Waals surface area (Å²) < 4.78 is 27.6. The number of piperidine rings is 1. The topological polar surface area (TPSA) is 69.6 Å². The van der Waals surface area contributed by atoms with Crippen LogP contribution in [0.25, 0.3) is 0 Å². The third kappa shape index (κ3) is 2.97. The van der Waals surface area contributed by atoms with Crippen molar-refractivity contribution in [2.45, 2.75) is 42.7 Å². The third-order valence-electron chi connectivity index (χ3n) is 3.79. The van der Waals surface area contributed by atoms with E-state index in [4.69, 9.17) is 0 Å². The lowest BCUT2D eigenvalue weighted by atomic mass is 10.1. The molecule has 0 amide bonds. The molecule has 5 nitrogen and oxygen atoms in total. The van der Waals surface area contributed by atoms with Gasteiger partial charge >= 0.3 is 0 Å². The molecule has 1 aromatic rings. The van der Waals surface area contributed by atoms with Gasteiger partial charge in [0.1, 0.15) is 4.90 Å². The van der Waals surface area contributed by atoms with Crippen LogP contribution in [0.3, 0.4) is 0 Å². The highest BCUT2D eigenvalue weighted by molar-refractivity contribution is 7.89. The molecule has 20 heavy (non-hydrogen) atoms. The van der Waals surface area contributed by atoms with Gasteiger partial charge in [0.2, 0.25) is 10.0 Å². The maximum atomic E-state index is 12.4. The zero-order valence-corrected chi connectivity index (χ0v) is 12.1. The first-order valence-corrected chi connectivity index (χ1v) is 8.59. The summed E-state index contributed by atoms with van der Waals surface area (Å²) in [5.74, 6) is 0. The summed E-state index contributed by atoms with van der Waals surface area (Å²) in [4.78, 5) is 2.29. The van der Waals surface area contributed by atoms with Crippen molar-refractivity contribution < 1.29 is 13.5 Å². The molecule has 1 atom stereocenters. The van der Waals surface area contributed by atoms with Crippen LogP contribution in [0.15, 0.2) is 29.2 Å². The van der Waals surface area contributed by atoms with Crippen molar-refractivity contribution in [3.63, 3.8) is 0 Å². The van der Waals surface area contributed by atoms with Crippen molar-refractivity contribution >= 4 is 15.7 Å². The van der Waals surface area contributed by atoms with Gasteiger partial charge in [0, 0.05) is 19.1 Å². The van der Waals surface area contributed by atoms with E-state index in [-0.39, 0.29) is 12.1 Å². The first-order chi connectivity index (χ1) is 9.56. The summed E-state index contributed by atoms with van der Waals surface area (Å²) in [7, 11) is -3.47. The minimum Gasteiger partial charge on any atom is -0.391 e. The Bertz CT molecular complexity index is 584. The van der Waals surface area contributed by atoms with Gasteiger partial charge in [-0.3, -0.25) is 0 Å². The summed E-state index contributed by atoms with van der Waals surface area (Å²) in [5, 5.41) is 9.78. The molecule has 3 rings (SSSR count). The van der Waals surface area contributed by atoms with Crippen LogP contribution in [0.4, 0.5) is 5.69 Å². The van der Waals surface area contributed by atoms with E-state index in [1.165, 1.54) is 0 Å². The Morgan fingerprint density at radius 2 is 1.95 bits per heavy atom. The fourth-order valence-electron chi connectivity index (χ4n) is 2.60. The smallest absolute Gasteiger partial charge is 0.242 e. The molecule has 1 heterocycles. The third-order valence-corrected chi connectivity index (χ3v) is 5.36. The molecule has 0 radical (unpaired) electrons. The second kappa shape index (κ2) is 5.35. The molecule has 0 spiro atoms. The summed E-state index contributed by atoms with van der Waals surface area (Å²) >= 11 is 0. The Labute approximate surface area is 119 Å². The molecule has 1 aliphatic carbocycles. The Hall–Kier alpha value is -1.11. The molecule has 0 bridgehead atoms. The summed E-state index contributed by atoms with van der Waals surface area (Å²) in [6.07, 6.45) is 3.13. The molecule has 1 saturated heterocycles. The second-order valence-electron chi connectivity index (χ2n) is 5.61.